The number of nitrogens with one attached hydrogen (secondary N) is 1. The molecule has 0 spiro atoms. The molecule has 1 saturated carbocycles. The number of halogens is 1. The Balaban J connectivity index is 1.67. The first kappa shape index (κ1) is 13.9. The maximum Gasteiger partial charge on any atom is 0.140 e. The van der Waals surface area contributed by atoms with Gasteiger partial charge >= 0.3 is 0 Å². The van der Waals surface area contributed by atoms with Crippen LogP contribution >= 0.6 is 22.9 Å². The zero-order chi connectivity index (χ0) is 13.9. The highest BCUT2D eigenvalue weighted by Gasteiger charge is 2.29. The van der Waals surface area contributed by atoms with E-state index in [0.717, 1.165) is 22.3 Å². The van der Waals surface area contributed by atoms with Crippen molar-refractivity contribution < 1.29 is 4.74 Å². The molecule has 5 heteroatoms. The van der Waals surface area contributed by atoms with Crippen LogP contribution in [0, 0.1) is 0 Å². The fraction of sp³-hybridized carbons (Fsp3) is 0.400. The summed E-state index contributed by atoms with van der Waals surface area (Å²) in [4.78, 5) is 6.10. The average Bonchev–Trinajstić information content (AvgIpc) is 3.21. The fourth-order valence-corrected chi connectivity index (χ4v) is 3.32. The van der Waals surface area contributed by atoms with E-state index in [9.17, 15) is 0 Å². The molecule has 0 bridgehead atoms. The van der Waals surface area contributed by atoms with Gasteiger partial charge in [0.1, 0.15) is 17.4 Å². The van der Waals surface area contributed by atoms with Crippen molar-refractivity contribution in [2.75, 3.05) is 7.05 Å². The number of hydrogen-bond donors (Lipinski definition) is 1. The number of thiazole rings is 1. The van der Waals surface area contributed by atoms with E-state index in [0.29, 0.717) is 12.5 Å². The number of aromatic nitrogens is 1. The molecule has 3 nitrogen and oxygen atoms in total. The van der Waals surface area contributed by atoms with E-state index in [1.54, 1.807) is 11.3 Å². The zero-order valence-corrected chi connectivity index (χ0v) is 12.9. The van der Waals surface area contributed by atoms with E-state index in [2.05, 4.69) is 5.32 Å². The zero-order valence-electron chi connectivity index (χ0n) is 11.4. The second-order valence-corrected chi connectivity index (χ2v) is 6.57. The predicted octanol–water partition coefficient (Wildman–Crippen LogP) is 3.97. The van der Waals surface area contributed by atoms with Gasteiger partial charge in [0, 0.05) is 22.4 Å². The number of ether oxygens (including phenoxy) is 1. The third-order valence-electron chi connectivity index (χ3n) is 3.25. The molecule has 106 valence electrons. The molecule has 0 saturated heterocycles. The molecule has 1 fully saturated rings. The highest BCUT2D eigenvalue weighted by molar-refractivity contribution is 7.11. The van der Waals surface area contributed by atoms with Gasteiger partial charge < -0.3 is 10.1 Å². The molecule has 1 aliphatic rings. The summed E-state index contributed by atoms with van der Waals surface area (Å²) in [6.07, 6.45) is 2.55. The minimum atomic E-state index is 0.524. The summed E-state index contributed by atoms with van der Waals surface area (Å²) in [6.45, 7) is 1.42. The Hall–Kier alpha value is -1.10. The van der Waals surface area contributed by atoms with E-state index in [1.807, 2.05) is 31.3 Å². The minimum Gasteiger partial charge on any atom is -0.486 e. The molecule has 1 N–H and O–H groups in total. The Kier molecular flexibility index (Phi) is 4.24. The van der Waals surface area contributed by atoms with E-state index in [4.69, 9.17) is 21.3 Å². The molecule has 1 aromatic heterocycles. The SMILES string of the molecule is CNCc1sc(COc2ccc(Cl)cc2)nc1C1CC1. The molecular formula is C15H17ClN2OS. The summed E-state index contributed by atoms with van der Waals surface area (Å²) in [7, 11) is 1.97. The van der Waals surface area contributed by atoms with E-state index >= 15 is 0 Å². The van der Waals surface area contributed by atoms with Crippen molar-refractivity contribution in [2.45, 2.75) is 31.9 Å². The summed E-state index contributed by atoms with van der Waals surface area (Å²) >= 11 is 7.61. The number of hydrogen-bond acceptors (Lipinski definition) is 4. The Morgan fingerprint density at radius 1 is 1.35 bits per heavy atom. The topological polar surface area (TPSA) is 34.1 Å². The Morgan fingerprint density at radius 3 is 2.75 bits per heavy atom. The number of nitrogens with zero attached hydrogens (tertiary/aromatic N) is 1. The van der Waals surface area contributed by atoms with Crippen molar-refractivity contribution in [1.82, 2.24) is 10.3 Å². The van der Waals surface area contributed by atoms with Gasteiger partial charge in [-0.2, -0.15) is 0 Å². The largest absolute Gasteiger partial charge is 0.486 e. The van der Waals surface area contributed by atoms with Crippen LogP contribution in [0.1, 0.15) is 34.3 Å². The van der Waals surface area contributed by atoms with Crippen molar-refractivity contribution in [3.8, 4) is 5.75 Å². The van der Waals surface area contributed by atoms with Crippen molar-refractivity contribution in [3.63, 3.8) is 0 Å². The smallest absolute Gasteiger partial charge is 0.140 e. The summed E-state index contributed by atoms with van der Waals surface area (Å²) in [5, 5.41) is 4.98. The first-order chi connectivity index (χ1) is 9.76. The molecule has 1 aliphatic carbocycles. The highest BCUT2D eigenvalue weighted by atomic mass is 35.5. The second kappa shape index (κ2) is 6.12. The van der Waals surface area contributed by atoms with E-state index < -0.39 is 0 Å². The van der Waals surface area contributed by atoms with Crippen LogP contribution in [0.3, 0.4) is 0 Å². The molecule has 0 aliphatic heterocycles. The normalized spacial score (nSPS) is 14.5. The lowest BCUT2D eigenvalue weighted by atomic mass is 10.2. The van der Waals surface area contributed by atoms with Crippen molar-refractivity contribution in [2.24, 2.45) is 0 Å². The molecule has 0 radical (unpaired) electrons. The van der Waals surface area contributed by atoms with Gasteiger partial charge in [-0.15, -0.1) is 11.3 Å². The Bertz CT molecular complexity index is 578. The third-order valence-corrected chi connectivity index (χ3v) is 4.55. The summed E-state index contributed by atoms with van der Waals surface area (Å²) in [6, 6.07) is 7.43. The Morgan fingerprint density at radius 2 is 2.10 bits per heavy atom. The van der Waals surface area contributed by atoms with Crippen LogP contribution in [-0.4, -0.2) is 12.0 Å². The van der Waals surface area contributed by atoms with Crippen LogP contribution in [0.15, 0.2) is 24.3 Å². The Labute approximate surface area is 127 Å². The summed E-state index contributed by atoms with van der Waals surface area (Å²) in [5.41, 5.74) is 1.28. The number of benzene rings is 1. The van der Waals surface area contributed by atoms with Gasteiger partial charge in [-0.05, 0) is 44.2 Å². The van der Waals surface area contributed by atoms with Crippen LogP contribution in [0.4, 0.5) is 0 Å². The maximum atomic E-state index is 5.86. The molecule has 0 atom stereocenters. The van der Waals surface area contributed by atoms with Gasteiger partial charge in [0.2, 0.25) is 0 Å². The van der Waals surface area contributed by atoms with Crippen LogP contribution in [0.25, 0.3) is 0 Å². The lowest BCUT2D eigenvalue weighted by Crippen LogP contribution is -2.05. The van der Waals surface area contributed by atoms with Crippen molar-refractivity contribution >= 4 is 22.9 Å². The van der Waals surface area contributed by atoms with Crippen LogP contribution in [0.5, 0.6) is 5.75 Å². The first-order valence-electron chi connectivity index (χ1n) is 6.77. The minimum absolute atomic E-state index is 0.524. The highest BCUT2D eigenvalue weighted by Crippen LogP contribution is 2.42. The molecule has 0 amide bonds. The van der Waals surface area contributed by atoms with Crippen molar-refractivity contribution in [3.05, 3.63) is 44.9 Å². The molecule has 20 heavy (non-hydrogen) atoms. The third kappa shape index (κ3) is 3.32. The average molecular weight is 309 g/mol. The van der Waals surface area contributed by atoms with Gasteiger partial charge in [0.05, 0.1) is 5.69 Å². The molecular weight excluding hydrogens is 292 g/mol. The summed E-state index contributed by atoms with van der Waals surface area (Å²) in [5.74, 6) is 1.51. The molecule has 0 unspecified atom stereocenters. The van der Waals surface area contributed by atoms with Crippen LogP contribution in [-0.2, 0) is 13.2 Å². The van der Waals surface area contributed by atoms with Gasteiger partial charge in [-0.25, -0.2) is 4.98 Å². The van der Waals surface area contributed by atoms with Crippen LogP contribution < -0.4 is 10.1 Å². The van der Waals surface area contributed by atoms with Gasteiger partial charge in [-0.3, -0.25) is 0 Å². The molecule has 1 heterocycles. The maximum absolute atomic E-state index is 5.86. The van der Waals surface area contributed by atoms with Crippen molar-refractivity contribution in [1.29, 1.82) is 0 Å². The standard InChI is InChI=1S/C15H17ClN2OS/c1-17-8-13-15(10-2-3-10)18-14(20-13)9-19-12-6-4-11(16)5-7-12/h4-7,10,17H,2-3,8-9H2,1H3. The lowest BCUT2D eigenvalue weighted by Gasteiger charge is -2.03. The van der Waals surface area contributed by atoms with Gasteiger partial charge in [-0.1, -0.05) is 11.6 Å². The van der Waals surface area contributed by atoms with E-state index in [-0.39, 0.29) is 0 Å². The summed E-state index contributed by atoms with van der Waals surface area (Å²) < 4.78 is 5.76. The molecule has 1 aromatic carbocycles. The quantitative estimate of drug-likeness (QED) is 0.876. The van der Waals surface area contributed by atoms with Gasteiger partial charge in [0.25, 0.3) is 0 Å². The van der Waals surface area contributed by atoms with Crippen LogP contribution in [0.2, 0.25) is 5.02 Å². The monoisotopic (exact) mass is 308 g/mol. The van der Waals surface area contributed by atoms with E-state index in [1.165, 1.54) is 23.4 Å². The second-order valence-electron chi connectivity index (χ2n) is 4.96. The molecule has 2 aromatic rings. The lowest BCUT2D eigenvalue weighted by molar-refractivity contribution is 0.305. The first-order valence-corrected chi connectivity index (χ1v) is 7.97. The molecule has 3 rings (SSSR count). The number of rotatable bonds is 6. The fourth-order valence-electron chi connectivity index (χ4n) is 2.11. The van der Waals surface area contributed by atoms with Gasteiger partial charge in [0.15, 0.2) is 0 Å². The predicted molar refractivity (Wildman–Crippen MR) is 82.6 cm³/mol.